The molecule has 1 aliphatic heterocycles. The van der Waals surface area contributed by atoms with Crippen LogP contribution in [0.2, 0.25) is 0 Å². The van der Waals surface area contributed by atoms with Gasteiger partial charge in [-0.1, -0.05) is 6.42 Å². The van der Waals surface area contributed by atoms with Gasteiger partial charge in [-0.15, -0.1) is 0 Å². The van der Waals surface area contributed by atoms with Crippen LogP contribution in [0.3, 0.4) is 0 Å². The van der Waals surface area contributed by atoms with Gasteiger partial charge in [0.2, 0.25) is 0 Å². The van der Waals surface area contributed by atoms with E-state index in [4.69, 9.17) is 9.47 Å². The molecular weight excluding hydrogens is 402 g/mol. The van der Waals surface area contributed by atoms with Gasteiger partial charge in [0, 0.05) is 42.1 Å². The maximum Gasteiger partial charge on any atom is 0.419 e. The summed E-state index contributed by atoms with van der Waals surface area (Å²) in [5, 5.41) is 1.03. The molecular formula is C26H33N3O3. The Balaban J connectivity index is 1.74. The number of ether oxygens (including phenoxy) is 2. The van der Waals surface area contributed by atoms with E-state index in [1.807, 2.05) is 58.4 Å². The summed E-state index contributed by atoms with van der Waals surface area (Å²) in [6.45, 7) is 9.44. The first-order chi connectivity index (χ1) is 15.3. The minimum Gasteiger partial charge on any atom is -0.496 e. The fraction of sp³-hybridized carbons (Fsp3) is 0.462. The monoisotopic (exact) mass is 435 g/mol. The van der Waals surface area contributed by atoms with Crippen LogP contribution in [0.5, 0.6) is 5.75 Å². The third-order valence-corrected chi connectivity index (χ3v) is 6.11. The molecule has 0 N–H and O–H groups in total. The number of aromatic nitrogens is 2. The van der Waals surface area contributed by atoms with Gasteiger partial charge in [0.1, 0.15) is 11.4 Å². The number of methoxy groups -OCH3 is 1. The Morgan fingerprint density at radius 1 is 1.19 bits per heavy atom. The van der Waals surface area contributed by atoms with Crippen molar-refractivity contribution in [2.24, 2.45) is 0 Å². The number of pyridine rings is 1. The van der Waals surface area contributed by atoms with Crippen LogP contribution >= 0.6 is 0 Å². The fourth-order valence-corrected chi connectivity index (χ4v) is 4.72. The molecule has 3 aromatic rings. The molecule has 4 rings (SSSR count). The van der Waals surface area contributed by atoms with E-state index < -0.39 is 5.60 Å². The van der Waals surface area contributed by atoms with Crippen molar-refractivity contribution in [3.8, 4) is 5.75 Å². The van der Waals surface area contributed by atoms with Crippen LogP contribution in [0.15, 0.2) is 42.9 Å². The number of carbonyl (C=O) groups excluding carboxylic acids is 1. The minimum atomic E-state index is -0.553. The maximum atomic E-state index is 12.9. The van der Waals surface area contributed by atoms with Crippen LogP contribution in [0, 0.1) is 6.92 Å². The molecule has 0 amide bonds. The molecule has 0 spiro atoms. The zero-order valence-corrected chi connectivity index (χ0v) is 19.7. The quantitative estimate of drug-likeness (QED) is 0.513. The first-order valence-electron chi connectivity index (χ1n) is 11.3. The number of hydrogen-bond donors (Lipinski definition) is 0. The molecule has 0 saturated carbocycles. The van der Waals surface area contributed by atoms with E-state index in [1.54, 1.807) is 11.7 Å². The summed E-state index contributed by atoms with van der Waals surface area (Å²) in [6, 6.07) is 8.62. The van der Waals surface area contributed by atoms with E-state index in [0.29, 0.717) is 6.04 Å². The second-order valence-electron chi connectivity index (χ2n) is 9.57. The Hall–Kier alpha value is -2.86. The zero-order valence-electron chi connectivity index (χ0n) is 19.7. The van der Waals surface area contributed by atoms with Crippen LogP contribution < -0.4 is 4.74 Å². The molecule has 1 unspecified atom stereocenters. The van der Waals surface area contributed by atoms with Crippen LogP contribution in [0.25, 0.3) is 10.9 Å². The van der Waals surface area contributed by atoms with Gasteiger partial charge >= 0.3 is 6.09 Å². The molecule has 0 bridgehead atoms. The molecule has 170 valence electrons. The van der Waals surface area contributed by atoms with Gasteiger partial charge in [0.25, 0.3) is 0 Å². The number of fused-ring (bicyclic) bond motifs is 1. The van der Waals surface area contributed by atoms with Crippen LogP contribution in [0.4, 0.5) is 4.79 Å². The lowest BCUT2D eigenvalue weighted by Crippen LogP contribution is -2.33. The third-order valence-electron chi connectivity index (χ3n) is 6.11. The maximum absolute atomic E-state index is 12.9. The van der Waals surface area contributed by atoms with Crippen molar-refractivity contribution >= 4 is 17.0 Å². The number of likely N-dealkylation sites (tertiary alicyclic amines) is 1. The summed E-state index contributed by atoms with van der Waals surface area (Å²) in [6.07, 6.45) is 8.71. The summed E-state index contributed by atoms with van der Waals surface area (Å²) < 4.78 is 13.1. The highest BCUT2D eigenvalue weighted by Crippen LogP contribution is 2.37. The molecule has 1 atom stereocenters. The average Bonchev–Trinajstić information content (AvgIpc) is 3.21. The summed E-state index contributed by atoms with van der Waals surface area (Å²) >= 11 is 0. The number of piperidine rings is 1. The molecule has 32 heavy (non-hydrogen) atoms. The van der Waals surface area contributed by atoms with Crippen molar-refractivity contribution in [3.05, 3.63) is 59.5 Å². The van der Waals surface area contributed by atoms with Gasteiger partial charge < -0.3 is 9.47 Å². The summed E-state index contributed by atoms with van der Waals surface area (Å²) in [5.74, 6) is 0.857. The van der Waals surface area contributed by atoms with Gasteiger partial charge in [-0.3, -0.25) is 14.5 Å². The normalized spacial score (nSPS) is 17.5. The number of nitrogens with zero attached hydrogens (tertiary/aromatic N) is 3. The third kappa shape index (κ3) is 4.51. The van der Waals surface area contributed by atoms with Gasteiger partial charge in [0.05, 0.1) is 12.6 Å². The smallest absolute Gasteiger partial charge is 0.419 e. The summed E-state index contributed by atoms with van der Waals surface area (Å²) in [7, 11) is 1.71. The topological polar surface area (TPSA) is 56.6 Å². The lowest BCUT2D eigenvalue weighted by molar-refractivity contribution is 0.0544. The highest BCUT2D eigenvalue weighted by molar-refractivity contribution is 5.95. The Morgan fingerprint density at radius 3 is 2.62 bits per heavy atom. The average molecular weight is 436 g/mol. The fourth-order valence-electron chi connectivity index (χ4n) is 4.72. The summed E-state index contributed by atoms with van der Waals surface area (Å²) in [5.41, 5.74) is 3.72. The van der Waals surface area contributed by atoms with Crippen molar-refractivity contribution in [3.63, 3.8) is 0 Å². The standard InChI is InChI=1S/C26H33N3O3/c1-18-16-23(31-5)21(20-11-15-29(24(18)20)25(30)32-26(2,3)4)17-28-14-7-6-8-22(28)19-9-12-27-13-10-19/h9-13,15-16,22H,6-8,14,17H2,1-5H3. The number of benzene rings is 1. The van der Waals surface area contributed by atoms with Gasteiger partial charge in [0.15, 0.2) is 0 Å². The van der Waals surface area contributed by atoms with E-state index in [1.165, 1.54) is 18.4 Å². The van der Waals surface area contributed by atoms with Crippen molar-refractivity contribution in [2.45, 2.75) is 65.1 Å². The first kappa shape index (κ1) is 22.3. The second-order valence-corrected chi connectivity index (χ2v) is 9.57. The Bertz CT molecular complexity index is 1100. The van der Waals surface area contributed by atoms with E-state index in [2.05, 4.69) is 22.0 Å². The van der Waals surface area contributed by atoms with Crippen molar-refractivity contribution < 1.29 is 14.3 Å². The molecule has 1 fully saturated rings. The predicted molar refractivity (Wildman–Crippen MR) is 126 cm³/mol. The Morgan fingerprint density at radius 2 is 1.94 bits per heavy atom. The largest absolute Gasteiger partial charge is 0.496 e. The van der Waals surface area contributed by atoms with E-state index >= 15 is 0 Å². The Kier molecular flexibility index (Phi) is 6.24. The van der Waals surface area contributed by atoms with Crippen molar-refractivity contribution in [2.75, 3.05) is 13.7 Å². The molecule has 6 nitrogen and oxygen atoms in total. The van der Waals surface area contributed by atoms with Gasteiger partial charge in [-0.05, 0) is 82.5 Å². The van der Waals surface area contributed by atoms with Crippen LogP contribution in [-0.2, 0) is 11.3 Å². The van der Waals surface area contributed by atoms with Crippen molar-refractivity contribution in [1.29, 1.82) is 0 Å². The van der Waals surface area contributed by atoms with Gasteiger partial charge in [-0.2, -0.15) is 0 Å². The lowest BCUT2D eigenvalue weighted by atomic mass is 9.94. The van der Waals surface area contributed by atoms with Gasteiger partial charge in [-0.25, -0.2) is 4.79 Å². The molecule has 3 heterocycles. The molecule has 0 radical (unpaired) electrons. The molecule has 0 aliphatic carbocycles. The number of aryl methyl sites for hydroxylation is 1. The van der Waals surface area contributed by atoms with E-state index in [9.17, 15) is 4.79 Å². The molecule has 1 saturated heterocycles. The van der Waals surface area contributed by atoms with Crippen LogP contribution in [-0.4, -0.2) is 39.8 Å². The zero-order chi connectivity index (χ0) is 22.9. The summed E-state index contributed by atoms with van der Waals surface area (Å²) in [4.78, 5) is 19.6. The molecule has 1 aromatic carbocycles. The molecule has 6 heteroatoms. The SMILES string of the molecule is COc1cc(C)c2c(ccn2C(=O)OC(C)(C)C)c1CN1CCCCC1c1ccncc1. The lowest BCUT2D eigenvalue weighted by Gasteiger charge is -2.36. The molecule has 1 aliphatic rings. The highest BCUT2D eigenvalue weighted by Gasteiger charge is 2.27. The Labute approximate surface area is 190 Å². The number of rotatable bonds is 4. The van der Waals surface area contributed by atoms with Crippen LogP contribution in [0.1, 0.15) is 62.8 Å². The van der Waals surface area contributed by atoms with E-state index in [-0.39, 0.29) is 6.09 Å². The number of hydrogen-bond acceptors (Lipinski definition) is 5. The number of carbonyl (C=O) groups is 1. The van der Waals surface area contributed by atoms with Crippen molar-refractivity contribution in [1.82, 2.24) is 14.5 Å². The van der Waals surface area contributed by atoms with E-state index in [0.717, 1.165) is 47.3 Å². The predicted octanol–water partition coefficient (Wildman–Crippen LogP) is 5.86. The molecule has 2 aromatic heterocycles. The first-order valence-corrected chi connectivity index (χ1v) is 11.3. The minimum absolute atomic E-state index is 0.348. The second kappa shape index (κ2) is 8.94. The highest BCUT2D eigenvalue weighted by atomic mass is 16.6.